The number of carbonyl (C=O) groups is 1. The van der Waals surface area contributed by atoms with Crippen LogP contribution in [0, 0.1) is 0 Å². The molecule has 1 fully saturated rings. The lowest BCUT2D eigenvalue weighted by Gasteiger charge is -2.33. The lowest BCUT2D eigenvalue weighted by atomic mass is 9.82. The van der Waals surface area contributed by atoms with Crippen molar-refractivity contribution < 1.29 is 4.79 Å². The van der Waals surface area contributed by atoms with Crippen LogP contribution in [0.15, 0.2) is 30.3 Å². The van der Waals surface area contributed by atoms with Crippen LogP contribution in [-0.2, 0) is 11.2 Å². The van der Waals surface area contributed by atoms with Crippen LogP contribution >= 0.6 is 12.4 Å². The number of carbonyl (C=O) groups excluding carboxylic acids is 1. The standard InChI is InChI=1S/C16H24N2O.ClH/c17-16(11-5-2-6-12-16)13-18-15(19)10-9-14-7-3-1-4-8-14;/h1,3-4,7-8H,2,5-6,9-13,17H2,(H,18,19);1H. The number of rotatable bonds is 5. The maximum absolute atomic E-state index is 11.8. The Morgan fingerprint density at radius 2 is 1.80 bits per heavy atom. The molecule has 0 aliphatic heterocycles. The third-order valence-electron chi connectivity index (χ3n) is 3.97. The average Bonchev–Trinajstić information content (AvgIpc) is 2.45. The molecule has 1 aliphatic rings. The van der Waals surface area contributed by atoms with Crippen molar-refractivity contribution in [3.8, 4) is 0 Å². The van der Waals surface area contributed by atoms with Crippen molar-refractivity contribution in [1.29, 1.82) is 0 Å². The molecule has 3 nitrogen and oxygen atoms in total. The molecule has 0 bridgehead atoms. The van der Waals surface area contributed by atoms with E-state index in [2.05, 4.69) is 17.4 Å². The zero-order valence-electron chi connectivity index (χ0n) is 11.9. The summed E-state index contributed by atoms with van der Waals surface area (Å²) in [7, 11) is 0. The van der Waals surface area contributed by atoms with Gasteiger partial charge >= 0.3 is 0 Å². The van der Waals surface area contributed by atoms with E-state index in [1.807, 2.05) is 18.2 Å². The minimum absolute atomic E-state index is 0. The van der Waals surface area contributed by atoms with Crippen molar-refractivity contribution in [3.05, 3.63) is 35.9 Å². The third-order valence-corrected chi connectivity index (χ3v) is 3.97. The van der Waals surface area contributed by atoms with Crippen LogP contribution in [0.2, 0.25) is 0 Å². The van der Waals surface area contributed by atoms with Gasteiger partial charge in [-0.2, -0.15) is 0 Å². The fourth-order valence-corrected chi connectivity index (χ4v) is 2.70. The highest BCUT2D eigenvalue weighted by Crippen LogP contribution is 2.25. The summed E-state index contributed by atoms with van der Waals surface area (Å²) in [6.07, 6.45) is 7.07. The summed E-state index contributed by atoms with van der Waals surface area (Å²) >= 11 is 0. The minimum atomic E-state index is -0.166. The number of hydrogen-bond donors (Lipinski definition) is 2. The van der Waals surface area contributed by atoms with Crippen molar-refractivity contribution >= 4 is 18.3 Å². The molecule has 1 aliphatic carbocycles. The van der Waals surface area contributed by atoms with Gasteiger partial charge < -0.3 is 11.1 Å². The van der Waals surface area contributed by atoms with Crippen molar-refractivity contribution in [2.75, 3.05) is 6.54 Å². The van der Waals surface area contributed by atoms with Crippen LogP contribution in [0.3, 0.4) is 0 Å². The second-order valence-electron chi connectivity index (χ2n) is 5.69. The highest BCUT2D eigenvalue weighted by Gasteiger charge is 2.27. The largest absolute Gasteiger partial charge is 0.354 e. The minimum Gasteiger partial charge on any atom is -0.354 e. The monoisotopic (exact) mass is 296 g/mol. The van der Waals surface area contributed by atoms with Crippen molar-refractivity contribution in [1.82, 2.24) is 5.32 Å². The molecule has 4 heteroatoms. The van der Waals surface area contributed by atoms with Crippen LogP contribution in [0.4, 0.5) is 0 Å². The molecule has 0 atom stereocenters. The first kappa shape index (κ1) is 17.0. The predicted octanol–water partition coefficient (Wildman–Crippen LogP) is 2.82. The highest BCUT2D eigenvalue weighted by atomic mass is 35.5. The number of benzene rings is 1. The van der Waals surface area contributed by atoms with E-state index in [0.717, 1.165) is 19.3 Å². The first-order chi connectivity index (χ1) is 9.18. The topological polar surface area (TPSA) is 55.1 Å². The van der Waals surface area contributed by atoms with Gasteiger partial charge in [0.05, 0.1) is 0 Å². The highest BCUT2D eigenvalue weighted by molar-refractivity contribution is 5.85. The van der Waals surface area contributed by atoms with Crippen molar-refractivity contribution in [2.24, 2.45) is 5.73 Å². The lowest BCUT2D eigenvalue weighted by Crippen LogP contribution is -2.51. The van der Waals surface area contributed by atoms with Crippen LogP contribution in [0.25, 0.3) is 0 Å². The Bertz CT molecular complexity index is 402. The van der Waals surface area contributed by atoms with Gasteiger partial charge in [-0.05, 0) is 24.8 Å². The zero-order chi connectivity index (χ0) is 13.6. The maximum atomic E-state index is 11.8. The molecule has 2 rings (SSSR count). The summed E-state index contributed by atoms with van der Waals surface area (Å²) < 4.78 is 0. The third kappa shape index (κ3) is 5.51. The Hall–Kier alpha value is -1.06. The molecular weight excluding hydrogens is 272 g/mol. The van der Waals surface area contributed by atoms with E-state index in [1.165, 1.54) is 24.8 Å². The second kappa shape index (κ2) is 8.28. The maximum Gasteiger partial charge on any atom is 0.220 e. The number of hydrogen-bond acceptors (Lipinski definition) is 2. The van der Waals surface area contributed by atoms with E-state index in [4.69, 9.17) is 5.73 Å². The number of nitrogens with two attached hydrogens (primary N) is 1. The molecule has 1 amide bonds. The summed E-state index contributed by atoms with van der Waals surface area (Å²) in [5, 5.41) is 3.00. The SMILES string of the molecule is Cl.NC1(CNC(=O)CCc2ccccc2)CCCCC1. The van der Waals surface area contributed by atoms with Gasteiger partial charge in [-0.25, -0.2) is 0 Å². The molecule has 0 radical (unpaired) electrons. The molecule has 20 heavy (non-hydrogen) atoms. The molecule has 0 spiro atoms. The Morgan fingerprint density at radius 1 is 1.15 bits per heavy atom. The molecule has 0 unspecified atom stereocenters. The number of nitrogens with one attached hydrogen (secondary N) is 1. The zero-order valence-corrected chi connectivity index (χ0v) is 12.8. The summed E-state index contributed by atoms with van der Waals surface area (Å²) in [6.45, 7) is 0.626. The van der Waals surface area contributed by atoms with Gasteiger partial charge in [0, 0.05) is 18.5 Å². The number of aryl methyl sites for hydroxylation is 1. The second-order valence-corrected chi connectivity index (χ2v) is 5.69. The number of amides is 1. The lowest BCUT2D eigenvalue weighted by molar-refractivity contribution is -0.121. The molecule has 3 N–H and O–H groups in total. The molecule has 1 aromatic carbocycles. The Balaban J connectivity index is 0.00000200. The Morgan fingerprint density at radius 3 is 2.45 bits per heavy atom. The van der Waals surface area contributed by atoms with E-state index >= 15 is 0 Å². The number of halogens is 1. The molecule has 0 heterocycles. The molecule has 0 aromatic heterocycles. The summed E-state index contributed by atoms with van der Waals surface area (Å²) in [6, 6.07) is 10.1. The van der Waals surface area contributed by atoms with Crippen LogP contribution in [-0.4, -0.2) is 18.0 Å². The van der Waals surface area contributed by atoms with Gasteiger partial charge in [0.1, 0.15) is 0 Å². The molecule has 0 saturated heterocycles. The van der Waals surface area contributed by atoms with E-state index in [-0.39, 0.29) is 23.9 Å². The predicted molar refractivity (Wildman–Crippen MR) is 85.0 cm³/mol. The smallest absolute Gasteiger partial charge is 0.220 e. The van der Waals surface area contributed by atoms with Crippen molar-refractivity contribution in [3.63, 3.8) is 0 Å². The van der Waals surface area contributed by atoms with Crippen LogP contribution in [0.1, 0.15) is 44.1 Å². The van der Waals surface area contributed by atoms with Gasteiger partial charge in [-0.15, -0.1) is 12.4 Å². The molecule has 112 valence electrons. The summed E-state index contributed by atoms with van der Waals surface area (Å²) in [5.74, 6) is 0.110. The van der Waals surface area contributed by atoms with E-state index in [9.17, 15) is 4.79 Å². The Kier molecular flexibility index (Phi) is 7.03. The first-order valence-corrected chi connectivity index (χ1v) is 7.27. The van der Waals surface area contributed by atoms with Gasteiger partial charge in [0.25, 0.3) is 0 Å². The normalized spacial score (nSPS) is 17.1. The van der Waals surface area contributed by atoms with Gasteiger partial charge in [0.15, 0.2) is 0 Å². The molecule has 1 aromatic rings. The van der Waals surface area contributed by atoms with Gasteiger partial charge in [-0.1, -0.05) is 49.6 Å². The first-order valence-electron chi connectivity index (χ1n) is 7.27. The van der Waals surface area contributed by atoms with Gasteiger partial charge in [0.2, 0.25) is 5.91 Å². The van der Waals surface area contributed by atoms with Crippen LogP contribution < -0.4 is 11.1 Å². The van der Waals surface area contributed by atoms with E-state index in [0.29, 0.717) is 13.0 Å². The average molecular weight is 297 g/mol. The van der Waals surface area contributed by atoms with E-state index < -0.39 is 0 Å². The van der Waals surface area contributed by atoms with Crippen LogP contribution in [0.5, 0.6) is 0 Å². The quantitative estimate of drug-likeness (QED) is 0.878. The fraction of sp³-hybridized carbons (Fsp3) is 0.562. The summed E-state index contributed by atoms with van der Waals surface area (Å²) in [4.78, 5) is 11.8. The molecular formula is C16H25ClN2O. The Labute approximate surface area is 127 Å². The van der Waals surface area contributed by atoms with E-state index in [1.54, 1.807) is 0 Å². The molecule has 1 saturated carbocycles. The fourth-order valence-electron chi connectivity index (χ4n) is 2.70. The summed E-state index contributed by atoms with van der Waals surface area (Å²) in [5.41, 5.74) is 7.34. The van der Waals surface area contributed by atoms with Crippen molar-refractivity contribution in [2.45, 2.75) is 50.5 Å². The van der Waals surface area contributed by atoms with Gasteiger partial charge in [-0.3, -0.25) is 4.79 Å².